The number of hydrogen-bond acceptors (Lipinski definition) is 3. The first-order valence-electron chi connectivity index (χ1n) is 7.17. The molecule has 0 saturated heterocycles. The third-order valence-electron chi connectivity index (χ3n) is 2.96. The average Bonchev–Trinajstić information content (AvgIpc) is 2.28. The first-order chi connectivity index (χ1) is 8.43. The zero-order valence-corrected chi connectivity index (χ0v) is 12.8. The Morgan fingerprint density at radius 1 is 1.06 bits per heavy atom. The molecule has 0 aliphatic heterocycles. The number of ether oxygens (including phenoxy) is 2. The lowest BCUT2D eigenvalue weighted by Crippen LogP contribution is -2.34. The van der Waals surface area contributed by atoms with Crippen LogP contribution in [0.2, 0.25) is 0 Å². The minimum absolute atomic E-state index is 0.115. The second-order valence-corrected chi connectivity index (χ2v) is 5.87. The zero-order valence-electron chi connectivity index (χ0n) is 12.8. The third-order valence-corrected chi connectivity index (χ3v) is 2.96. The summed E-state index contributed by atoms with van der Waals surface area (Å²) < 4.78 is 10.9. The Kier molecular flexibility index (Phi) is 9.08. The van der Waals surface area contributed by atoms with Gasteiger partial charge in [-0.3, -0.25) is 4.79 Å². The third kappa shape index (κ3) is 7.70. The molecule has 3 heteroatoms. The lowest BCUT2D eigenvalue weighted by Gasteiger charge is -2.28. The van der Waals surface area contributed by atoms with Gasteiger partial charge in [0.15, 0.2) is 0 Å². The zero-order chi connectivity index (χ0) is 14.0. The van der Waals surface area contributed by atoms with Gasteiger partial charge in [-0.2, -0.15) is 0 Å². The van der Waals surface area contributed by atoms with Crippen molar-refractivity contribution in [2.75, 3.05) is 19.8 Å². The van der Waals surface area contributed by atoms with Crippen LogP contribution in [0, 0.1) is 11.3 Å². The largest absolute Gasteiger partial charge is 0.465 e. The van der Waals surface area contributed by atoms with E-state index in [1.165, 1.54) is 0 Å². The van der Waals surface area contributed by atoms with Gasteiger partial charge in [0, 0.05) is 6.61 Å². The second-order valence-electron chi connectivity index (χ2n) is 5.87. The van der Waals surface area contributed by atoms with E-state index >= 15 is 0 Å². The standard InChI is InChI=1S/C15H30O3/c1-6-8-9-11-18-14(16)13(15(3,4)5)12-17-10-7-2/h13H,6-12H2,1-5H3. The van der Waals surface area contributed by atoms with Crippen molar-refractivity contribution in [2.24, 2.45) is 11.3 Å². The van der Waals surface area contributed by atoms with Gasteiger partial charge in [0.05, 0.1) is 19.1 Å². The molecule has 0 heterocycles. The summed E-state index contributed by atoms with van der Waals surface area (Å²) >= 11 is 0. The van der Waals surface area contributed by atoms with Crippen LogP contribution in [-0.2, 0) is 14.3 Å². The normalized spacial score (nSPS) is 13.4. The molecule has 0 radical (unpaired) electrons. The van der Waals surface area contributed by atoms with Crippen molar-refractivity contribution >= 4 is 5.97 Å². The van der Waals surface area contributed by atoms with Gasteiger partial charge in [-0.1, -0.05) is 47.5 Å². The van der Waals surface area contributed by atoms with E-state index in [-0.39, 0.29) is 17.3 Å². The molecule has 0 fully saturated rings. The molecular formula is C15H30O3. The number of hydrogen-bond donors (Lipinski definition) is 0. The van der Waals surface area contributed by atoms with E-state index in [1.807, 2.05) is 0 Å². The Bertz CT molecular complexity index is 218. The summed E-state index contributed by atoms with van der Waals surface area (Å²) in [6.45, 7) is 12.1. The van der Waals surface area contributed by atoms with Gasteiger partial charge in [0.1, 0.15) is 0 Å². The van der Waals surface area contributed by atoms with Crippen molar-refractivity contribution in [3.63, 3.8) is 0 Å². The number of esters is 1. The summed E-state index contributed by atoms with van der Waals surface area (Å²) in [5.74, 6) is -0.291. The first kappa shape index (κ1) is 17.4. The minimum Gasteiger partial charge on any atom is -0.465 e. The highest BCUT2D eigenvalue weighted by atomic mass is 16.5. The van der Waals surface area contributed by atoms with E-state index in [9.17, 15) is 4.79 Å². The molecule has 0 bridgehead atoms. The van der Waals surface area contributed by atoms with Crippen molar-refractivity contribution < 1.29 is 14.3 Å². The first-order valence-corrected chi connectivity index (χ1v) is 7.17. The molecule has 108 valence electrons. The summed E-state index contributed by atoms with van der Waals surface area (Å²) in [7, 11) is 0. The lowest BCUT2D eigenvalue weighted by atomic mass is 9.81. The molecule has 0 aliphatic rings. The molecule has 1 unspecified atom stereocenters. The van der Waals surface area contributed by atoms with E-state index < -0.39 is 0 Å². The molecule has 0 aromatic carbocycles. The molecule has 0 spiro atoms. The number of carbonyl (C=O) groups is 1. The van der Waals surface area contributed by atoms with Gasteiger partial charge in [0.25, 0.3) is 0 Å². The maximum Gasteiger partial charge on any atom is 0.311 e. The molecule has 0 aliphatic carbocycles. The summed E-state index contributed by atoms with van der Waals surface area (Å²) in [5, 5.41) is 0. The van der Waals surface area contributed by atoms with Crippen LogP contribution in [0.25, 0.3) is 0 Å². The van der Waals surface area contributed by atoms with Crippen molar-refractivity contribution in [3.05, 3.63) is 0 Å². The molecule has 0 aromatic rings. The fourth-order valence-electron chi connectivity index (χ4n) is 1.64. The SMILES string of the molecule is CCCCCOC(=O)C(COCCC)C(C)(C)C. The van der Waals surface area contributed by atoms with E-state index in [4.69, 9.17) is 9.47 Å². The van der Waals surface area contributed by atoms with Crippen LogP contribution in [0.1, 0.15) is 60.3 Å². The van der Waals surface area contributed by atoms with Crippen LogP contribution in [0.15, 0.2) is 0 Å². The number of rotatable bonds is 9. The van der Waals surface area contributed by atoms with Crippen LogP contribution in [0.3, 0.4) is 0 Å². The quantitative estimate of drug-likeness (QED) is 0.466. The van der Waals surface area contributed by atoms with E-state index in [0.29, 0.717) is 19.8 Å². The van der Waals surface area contributed by atoms with Gasteiger partial charge in [-0.15, -0.1) is 0 Å². The number of carbonyl (C=O) groups excluding carboxylic acids is 1. The Balaban J connectivity index is 4.15. The molecule has 3 nitrogen and oxygen atoms in total. The van der Waals surface area contributed by atoms with Gasteiger partial charge in [0.2, 0.25) is 0 Å². The van der Waals surface area contributed by atoms with E-state index in [2.05, 4.69) is 34.6 Å². The molecule has 18 heavy (non-hydrogen) atoms. The Morgan fingerprint density at radius 3 is 2.22 bits per heavy atom. The van der Waals surface area contributed by atoms with Crippen molar-refractivity contribution in [1.82, 2.24) is 0 Å². The number of unbranched alkanes of at least 4 members (excludes halogenated alkanes) is 2. The molecule has 0 amide bonds. The smallest absolute Gasteiger partial charge is 0.311 e. The summed E-state index contributed by atoms with van der Waals surface area (Å²) in [6, 6.07) is 0. The average molecular weight is 258 g/mol. The second kappa shape index (κ2) is 9.37. The van der Waals surface area contributed by atoms with Crippen LogP contribution in [0.4, 0.5) is 0 Å². The lowest BCUT2D eigenvalue weighted by molar-refractivity contribution is -0.155. The van der Waals surface area contributed by atoms with Gasteiger partial charge in [-0.25, -0.2) is 0 Å². The highest BCUT2D eigenvalue weighted by Gasteiger charge is 2.32. The van der Waals surface area contributed by atoms with Crippen LogP contribution in [0.5, 0.6) is 0 Å². The summed E-state index contributed by atoms with van der Waals surface area (Å²) in [4.78, 5) is 12.0. The molecule has 0 saturated carbocycles. The molecule has 0 rings (SSSR count). The Labute approximate surface area is 112 Å². The predicted molar refractivity (Wildman–Crippen MR) is 74.5 cm³/mol. The van der Waals surface area contributed by atoms with Crippen LogP contribution < -0.4 is 0 Å². The highest BCUT2D eigenvalue weighted by Crippen LogP contribution is 2.27. The topological polar surface area (TPSA) is 35.5 Å². The predicted octanol–water partition coefficient (Wildman–Crippen LogP) is 3.81. The molecule has 0 N–H and O–H groups in total. The van der Waals surface area contributed by atoms with Gasteiger partial charge < -0.3 is 9.47 Å². The summed E-state index contributed by atoms with van der Waals surface area (Å²) in [5.41, 5.74) is -0.115. The minimum atomic E-state index is -0.175. The van der Waals surface area contributed by atoms with Crippen molar-refractivity contribution in [3.8, 4) is 0 Å². The van der Waals surface area contributed by atoms with E-state index in [1.54, 1.807) is 0 Å². The van der Waals surface area contributed by atoms with Crippen LogP contribution >= 0.6 is 0 Å². The Morgan fingerprint density at radius 2 is 1.72 bits per heavy atom. The maximum atomic E-state index is 12.0. The van der Waals surface area contributed by atoms with Crippen molar-refractivity contribution in [1.29, 1.82) is 0 Å². The highest BCUT2D eigenvalue weighted by molar-refractivity contribution is 5.73. The van der Waals surface area contributed by atoms with Crippen LogP contribution in [-0.4, -0.2) is 25.8 Å². The van der Waals surface area contributed by atoms with Gasteiger partial charge >= 0.3 is 5.97 Å². The maximum absolute atomic E-state index is 12.0. The summed E-state index contributed by atoms with van der Waals surface area (Å²) in [6.07, 6.45) is 4.18. The molecule has 1 atom stereocenters. The molecular weight excluding hydrogens is 228 g/mol. The Hall–Kier alpha value is -0.570. The monoisotopic (exact) mass is 258 g/mol. The molecule has 0 aromatic heterocycles. The van der Waals surface area contributed by atoms with Gasteiger partial charge in [-0.05, 0) is 18.3 Å². The van der Waals surface area contributed by atoms with E-state index in [0.717, 1.165) is 25.7 Å². The fourth-order valence-corrected chi connectivity index (χ4v) is 1.64. The fraction of sp³-hybridized carbons (Fsp3) is 0.933. The van der Waals surface area contributed by atoms with Crippen molar-refractivity contribution in [2.45, 2.75) is 60.3 Å².